The molecular weight excluding hydrogens is 486 g/mol. The van der Waals surface area contributed by atoms with Gasteiger partial charge in [-0.3, -0.25) is 9.79 Å². The molecule has 2 rings (SSSR count). The van der Waals surface area contributed by atoms with E-state index >= 15 is 0 Å². The number of nitrogens with zero attached hydrogens (tertiary/aromatic N) is 1. The molecule has 0 bridgehead atoms. The predicted molar refractivity (Wildman–Crippen MR) is 115 cm³/mol. The number of amides is 1. The second-order valence-electron chi connectivity index (χ2n) is 6.22. The summed E-state index contributed by atoms with van der Waals surface area (Å²) >= 11 is 0. The van der Waals surface area contributed by atoms with E-state index in [1.807, 2.05) is 6.07 Å². The van der Waals surface area contributed by atoms with Crippen molar-refractivity contribution in [3.63, 3.8) is 0 Å². The molecule has 0 saturated carbocycles. The largest absolute Gasteiger partial charge is 0.356 e. The number of carbonyl (C=O) groups excluding carboxylic acids is 1. The molecular formula is C17H26FIN4O3S. The average molecular weight is 512 g/mol. The zero-order valence-corrected chi connectivity index (χ0v) is 18.3. The molecule has 1 fully saturated rings. The highest BCUT2D eigenvalue weighted by Crippen LogP contribution is 2.11. The monoisotopic (exact) mass is 512 g/mol. The van der Waals surface area contributed by atoms with Crippen LogP contribution in [0.25, 0.3) is 0 Å². The third-order valence-electron chi connectivity index (χ3n) is 4.06. The van der Waals surface area contributed by atoms with Crippen molar-refractivity contribution in [1.82, 2.24) is 16.0 Å². The van der Waals surface area contributed by atoms with Gasteiger partial charge in [-0.1, -0.05) is 12.1 Å². The van der Waals surface area contributed by atoms with Gasteiger partial charge in [0.1, 0.15) is 5.82 Å². The van der Waals surface area contributed by atoms with Gasteiger partial charge in [0.15, 0.2) is 15.8 Å². The average Bonchev–Trinajstić information content (AvgIpc) is 2.92. The number of rotatable bonds is 7. The number of sulfone groups is 1. The molecule has 3 N–H and O–H groups in total. The summed E-state index contributed by atoms with van der Waals surface area (Å²) in [4.78, 5) is 15.9. The number of guanidine groups is 1. The molecule has 10 heteroatoms. The number of aliphatic imine (C=N–C) groups is 1. The lowest BCUT2D eigenvalue weighted by atomic mass is 10.1. The Morgan fingerprint density at radius 3 is 2.67 bits per heavy atom. The van der Waals surface area contributed by atoms with Gasteiger partial charge in [0.05, 0.1) is 11.5 Å². The van der Waals surface area contributed by atoms with Crippen molar-refractivity contribution in [3.8, 4) is 0 Å². The van der Waals surface area contributed by atoms with Crippen LogP contribution >= 0.6 is 24.0 Å². The van der Waals surface area contributed by atoms with Crippen LogP contribution < -0.4 is 16.0 Å². The van der Waals surface area contributed by atoms with E-state index in [4.69, 9.17) is 0 Å². The second kappa shape index (κ2) is 11.4. The highest BCUT2D eigenvalue weighted by molar-refractivity contribution is 14.0. The highest BCUT2D eigenvalue weighted by Gasteiger charge is 2.28. The summed E-state index contributed by atoms with van der Waals surface area (Å²) in [6.07, 6.45) is 1.35. The van der Waals surface area contributed by atoms with Gasteiger partial charge in [-0.05, 0) is 30.5 Å². The van der Waals surface area contributed by atoms with Gasteiger partial charge >= 0.3 is 0 Å². The Labute approximate surface area is 176 Å². The standard InChI is InChI=1S/C17H25FN4O3S.HI/c1-19-17(20-8-5-13-3-2-4-14(18)11-13)21-9-6-16(23)22-15-7-10-26(24,25)12-15;/h2-4,11,15H,5-10,12H2,1H3,(H,22,23)(H2,19,20,21);1H. The topological polar surface area (TPSA) is 99.7 Å². The van der Waals surface area contributed by atoms with Crippen LogP contribution in [0.2, 0.25) is 0 Å². The first-order chi connectivity index (χ1) is 12.4. The van der Waals surface area contributed by atoms with E-state index in [9.17, 15) is 17.6 Å². The first-order valence-corrected chi connectivity index (χ1v) is 10.4. The van der Waals surface area contributed by atoms with E-state index in [1.54, 1.807) is 13.1 Å². The fourth-order valence-electron chi connectivity index (χ4n) is 2.74. The number of hydrogen-bond acceptors (Lipinski definition) is 4. The Kier molecular flexibility index (Phi) is 9.99. The molecule has 1 aromatic carbocycles. The first kappa shape index (κ1) is 23.6. The number of nitrogens with one attached hydrogen (secondary N) is 3. The van der Waals surface area contributed by atoms with Gasteiger partial charge in [0, 0.05) is 32.6 Å². The van der Waals surface area contributed by atoms with Crippen LogP contribution in [0.1, 0.15) is 18.4 Å². The number of carbonyl (C=O) groups is 1. The molecule has 1 aromatic rings. The second-order valence-corrected chi connectivity index (χ2v) is 8.45. The maximum absolute atomic E-state index is 13.1. The van der Waals surface area contributed by atoms with E-state index < -0.39 is 9.84 Å². The lowest BCUT2D eigenvalue weighted by Crippen LogP contribution is -2.41. The minimum atomic E-state index is -3.00. The first-order valence-electron chi connectivity index (χ1n) is 8.57. The van der Waals surface area contributed by atoms with Gasteiger partial charge < -0.3 is 16.0 Å². The van der Waals surface area contributed by atoms with E-state index in [0.29, 0.717) is 31.9 Å². The van der Waals surface area contributed by atoms with Crippen molar-refractivity contribution in [2.24, 2.45) is 4.99 Å². The third kappa shape index (κ3) is 8.87. The zero-order valence-electron chi connectivity index (χ0n) is 15.2. The van der Waals surface area contributed by atoms with Crippen LogP contribution in [0.3, 0.4) is 0 Å². The molecule has 1 saturated heterocycles. The predicted octanol–water partition coefficient (Wildman–Crippen LogP) is 0.845. The van der Waals surface area contributed by atoms with Crippen LogP contribution in [0.4, 0.5) is 4.39 Å². The van der Waals surface area contributed by atoms with E-state index in [1.165, 1.54) is 12.1 Å². The Hall–Kier alpha value is -1.43. The molecule has 1 heterocycles. The molecule has 1 atom stereocenters. The van der Waals surface area contributed by atoms with E-state index in [0.717, 1.165) is 5.56 Å². The molecule has 1 aliphatic rings. The fraction of sp³-hybridized carbons (Fsp3) is 0.529. The molecule has 7 nitrogen and oxygen atoms in total. The van der Waals surface area contributed by atoms with Crippen molar-refractivity contribution in [1.29, 1.82) is 0 Å². The highest BCUT2D eigenvalue weighted by atomic mass is 127. The van der Waals surface area contributed by atoms with Gasteiger partial charge in [0.25, 0.3) is 0 Å². The van der Waals surface area contributed by atoms with Crippen LogP contribution in [-0.4, -0.2) is 58.0 Å². The SMILES string of the molecule is CN=C(NCCC(=O)NC1CCS(=O)(=O)C1)NCCc1cccc(F)c1.I. The van der Waals surface area contributed by atoms with Gasteiger partial charge in [-0.15, -0.1) is 24.0 Å². The lowest BCUT2D eigenvalue weighted by molar-refractivity contribution is -0.121. The normalized spacial score (nSPS) is 18.4. The van der Waals surface area contributed by atoms with Crippen molar-refractivity contribution in [2.45, 2.75) is 25.3 Å². The van der Waals surface area contributed by atoms with Gasteiger partial charge in [-0.2, -0.15) is 0 Å². The van der Waals surface area contributed by atoms with E-state index in [-0.39, 0.29) is 59.7 Å². The molecule has 152 valence electrons. The lowest BCUT2D eigenvalue weighted by Gasteiger charge is -2.13. The van der Waals surface area contributed by atoms with Crippen molar-refractivity contribution in [2.75, 3.05) is 31.6 Å². The van der Waals surface area contributed by atoms with Crippen molar-refractivity contribution in [3.05, 3.63) is 35.6 Å². The summed E-state index contributed by atoms with van der Waals surface area (Å²) in [6, 6.07) is 6.14. The minimum absolute atomic E-state index is 0. The Bertz CT molecular complexity index is 758. The minimum Gasteiger partial charge on any atom is -0.356 e. The Morgan fingerprint density at radius 1 is 1.30 bits per heavy atom. The maximum atomic E-state index is 13.1. The summed E-state index contributed by atoms with van der Waals surface area (Å²) in [7, 11) is -1.37. The number of benzene rings is 1. The molecule has 0 aromatic heterocycles. The molecule has 1 aliphatic heterocycles. The summed E-state index contributed by atoms with van der Waals surface area (Å²) in [5.74, 6) is 0.270. The van der Waals surface area contributed by atoms with Crippen LogP contribution in [0, 0.1) is 5.82 Å². The van der Waals surface area contributed by atoms with Crippen LogP contribution in [0.15, 0.2) is 29.3 Å². The van der Waals surface area contributed by atoms with Crippen LogP contribution in [-0.2, 0) is 21.1 Å². The molecule has 27 heavy (non-hydrogen) atoms. The molecule has 1 amide bonds. The molecule has 0 radical (unpaired) electrons. The van der Waals surface area contributed by atoms with Crippen molar-refractivity contribution < 1.29 is 17.6 Å². The summed E-state index contributed by atoms with van der Waals surface area (Å²) in [5.41, 5.74) is 0.888. The molecule has 0 spiro atoms. The molecule has 0 aliphatic carbocycles. The Morgan fingerprint density at radius 2 is 2.04 bits per heavy atom. The van der Waals surface area contributed by atoms with Crippen molar-refractivity contribution >= 4 is 45.7 Å². The molecule has 1 unspecified atom stereocenters. The number of halogens is 2. The van der Waals surface area contributed by atoms with Gasteiger partial charge in [-0.25, -0.2) is 12.8 Å². The maximum Gasteiger partial charge on any atom is 0.222 e. The van der Waals surface area contributed by atoms with Gasteiger partial charge in [0.2, 0.25) is 5.91 Å². The number of hydrogen-bond donors (Lipinski definition) is 3. The zero-order chi connectivity index (χ0) is 19.0. The Balaban J connectivity index is 0.00000364. The van der Waals surface area contributed by atoms with E-state index in [2.05, 4.69) is 20.9 Å². The summed E-state index contributed by atoms with van der Waals surface area (Å²) < 4.78 is 35.9. The quantitative estimate of drug-likeness (QED) is 0.286. The fourth-order valence-corrected chi connectivity index (χ4v) is 4.41. The third-order valence-corrected chi connectivity index (χ3v) is 5.83. The van der Waals surface area contributed by atoms with Crippen LogP contribution in [0.5, 0.6) is 0 Å². The smallest absolute Gasteiger partial charge is 0.222 e. The summed E-state index contributed by atoms with van der Waals surface area (Å²) in [5, 5.41) is 8.87. The summed E-state index contributed by atoms with van der Waals surface area (Å²) in [6.45, 7) is 0.959.